The van der Waals surface area contributed by atoms with Crippen LogP contribution in [0.25, 0.3) is 0 Å². The fourth-order valence-electron chi connectivity index (χ4n) is 2.34. The van der Waals surface area contributed by atoms with Crippen molar-refractivity contribution < 1.29 is 18.9 Å². The lowest BCUT2D eigenvalue weighted by Crippen LogP contribution is -2.03. The predicted octanol–water partition coefficient (Wildman–Crippen LogP) is 2.79. The van der Waals surface area contributed by atoms with Crippen LogP contribution in [0.4, 0.5) is 0 Å². The van der Waals surface area contributed by atoms with E-state index >= 15 is 0 Å². The first-order valence-corrected chi connectivity index (χ1v) is 7.42. The summed E-state index contributed by atoms with van der Waals surface area (Å²) in [5.74, 6) is 2.61. The van der Waals surface area contributed by atoms with E-state index in [0.717, 1.165) is 23.3 Å². The van der Waals surface area contributed by atoms with E-state index in [9.17, 15) is 0 Å². The summed E-state index contributed by atoms with van der Waals surface area (Å²) >= 11 is 0. The maximum atomic E-state index is 5.86. The molecule has 0 fully saturated rings. The number of rotatable bonds is 8. The van der Waals surface area contributed by atoms with E-state index in [2.05, 4.69) is 0 Å². The van der Waals surface area contributed by atoms with Crippen molar-refractivity contribution in [2.45, 2.75) is 13.0 Å². The Morgan fingerprint density at radius 2 is 1.57 bits per heavy atom. The van der Waals surface area contributed by atoms with Gasteiger partial charge in [0, 0.05) is 0 Å². The van der Waals surface area contributed by atoms with Crippen molar-refractivity contribution in [1.82, 2.24) is 0 Å². The first-order valence-electron chi connectivity index (χ1n) is 7.42. The quantitative estimate of drug-likeness (QED) is 0.811. The summed E-state index contributed by atoms with van der Waals surface area (Å²) < 4.78 is 21.9. The van der Waals surface area contributed by atoms with Crippen molar-refractivity contribution in [3.63, 3.8) is 0 Å². The highest BCUT2D eigenvalue weighted by atomic mass is 16.5. The highest BCUT2D eigenvalue weighted by Crippen LogP contribution is 2.38. The van der Waals surface area contributed by atoms with Gasteiger partial charge in [-0.25, -0.2) is 0 Å². The molecule has 0 saturated carbocycles. The highest BCUT2D eigenvalue weighted by Gasteiger charge is 2.13. The Hall–Kier alpha value is -2.40. The Bertz CT molecular complexity index is 618. The molecule has 0 radical (unpaired) electrons. The van der Waals surface area contributed by atoms with Crippen LogP contribution in [0.5, 0.6) is 23.0 Å². The molecular weight excluding hydrogens is 294 g/mol. The van der Waals surface area contributed by atoms with Crippen LogP contribution in [0, 0.1) is 0 Å². The zero-order valence-corrected chi connectivity index (χ0v) is 13.8. The Morgan fingerprint density at radius 3 is 2.13 bits per heavy atom. The lowest BCUT2D eigenvalue weighted by atomic mass is 10.1. The zero-order valence-electron chi connectivity index (χ0n) is 13.8. The molecule has 0 saturated heterocycles. The number of hydrogen-bond donors (Lipinski definition) is 1. The van der Waals surface area contributed by atoms with Crippen molar-refractivity contribution in [3.8, 4) is 23.0 Å². The summed E-state index contributed by atoms with van der Waals surface area (Å²) in [7, 11) is 4.77. The topological polar surface area (TPSA) is 62.9 Å². The van der Waals surface area contributed by atoms with E-state index < -0.39 is 0 Å². The summed E-state index contributed by atoms with van der Waals surface area (Å²) in [6.45, 7) is 1.03. The Morgan fingerprint density at radius 1 is 0.870 bits per heavy atom. The molecule has 2 rings (SSSR count). The van der Waals surface area contributed by atoms with E-state index in [1.807, 2.05) is 36.4 Å². The normalized spacial score (nSPS) is 10.3. The minimum atomic E-state index is 0.406. The van der Waals surface area contributed by atoms with E-state index in [4.69, 9.17) is 24.7 Å². The zero-order chi connectivity index (χ0) is 16.7. The maximum absolute atomic E-state index is 5.86. The van der Waals surface area contributed by atoms with Crippen molar-refractivity contribution >= 4 is 0 Å². The number of benzene rings is 2. The molecule has 2 N–H and O–H groups in total. The first kappa shape index (κ1) is 17.0. The molecule has 0 amide bonds. The van der Waals surface area contributed by atoms with Crippen LogP contribution in [-0.2, 0) is 13.0 Å². The molecule has 0 atom stereocenters. The molecule has 0 spiro atoms. The molecule has 0 unspecified atom stereocenters. The van der Waals surface area contributed by atoms with Crippen LogP contribution in [0.2, 0.25) is 0 Å². The smallest absolute Gasteiger partial charge is 0.203 e. The standard InChI is InChI=1S/C18H23NO4/c1-20-16-10-14(11-17(21-2)18(16)22-3)12-23-15-6-4-5-13(9-15)7-8-19/h4-6,9-11H,7-8,12,19H2,1-3H3. The minimum absolute atomic E-state index is 0.406. The fourth-order valence-corrected chi connectivity index (χ4v) is 2.34. The SMILES string of the molecule is COc1cc(COc2cccc(CCN)c2)cc(OC)c1OC. The average Bonchev–Trinajstić information content (AvgIpc) is 2.59. The maximum Gasteiger partial charge on any atom is 0.203 e. The average molecular weight is 317 g/mol. The van der Waals surface area contributed by atoms with Gasteiger partial charge in [0.2, 0.25) is 5.75 Å². The van der Waals surface area contributed by atoms with Crippen molar-refractivity contribution in [2.75, 3.05) is 27.9 Å². The van der Waals surface area contributed by atoms with Crippen LogP contribution in [0.1, 0.15) is 11.1 Å². The van der Waals surface area contributed by atoms with Crippen LogP contribution >= 0.6 is 0 Å². The van der Waals surface area contributed by atoms with Gasteiger partial charge in [0.1, 0.15) is 12.4 Å². The molecule has 5 nitrogen and oxygen atoms in total. The molecular formula is C18H23NO4. The molecule has 5 heteroatoms. The van der Waals surface area contributed by atoms with Gasteiger partial charge in [-0.05, 0) is 48.4 Å². The van der Waals surface area contributed by atoms with Crippen LogP contribution in [-0.4, -0.2) is 27.9 Å². The Kier molecular flexibility index (Phi) is 6.11. The molecule has 0 aromatic heterocycles. The van der Waals surface area contributed by atoms with E-state index in [-0.39, 0.29) is 0 Å². The summed E-state index contributed by atoms with van der Waals surface area (Å²) in [4.78, 5) is 0. The molecule has 2 aromatic rings. The number of ether oxygens (including phenoxy) is 4. The molecule has 124 valence electrons. The fraction of sp³-hybridized carbons (Fsp3) is 0.333. The second kappa shape index (κ2) is 8.29. The van der Waals surface area contributed by atoms with Gasteiger partial charge in [-0.1, -0.05) is 12.1 Å². The van der Waals surface area contributed by atoms with Crippen molar-refractivity contribution in [1.29, 1.82) is 0 Å². The van der Waals surface area contributed by atoms with E-state index in [0.29, 0.717) is 30.4 Å². The van der Waals surface area contributed by atoms with Gasteiger partial charge in [-0.2, -0.15) is 0 Å². The third-order valence-corrected chi connectivity index (χ3v) is 3.46. The summed E-state index contributed by atoms with van der Waals surface area (Å²) in [6, 6.07) is 11.7. The Labute approximate surface area is 136 Å². The lowest BCUT2D eigenvalue weighted by Gasteiger charge is -2.14. The first-order chi connectivity index (χ1) is 11.2. The van der Waals surface area contributed by atoms with Gasteiger partial charge in [-0.15, -0.1) is 0 Å². The van der Waals surface area contributed by atoms with Gasteiger partial charge in [-0.3, -0.25) is 0 Å². The molecule has 0 heterocycles. The molecule has 0 aliphatic heterocycles. The predicted molar refractivity (Wildman–Crippen MR) is 89.6 cm³/mol. The number of hydrogen-bond acceptors (Lipinski definition) is 5. The Balaban J connectivity index is 2.15. The summed E-state index contributed by atoms with van der Waals surface area (Å²) in [5, 5.41) is 0. The van der Waals surface area contributed by atoms with Crippen LogP contribution in [0.15, 0.2) is 36.4 Å². The van der Waals surface area contributed by atoms with Gasteiger partial charge >= 0.3 is 0 Å². The second-order valence-electron chi connectivity index (χ2n) is 5.01. The number of nitrogens with two attached hydrogens (primary N) is 1. The summed E-state index contributed by atoms with van der Waals surface area (Å²) in [5.41, 5.74) is 7.68. The van der Waals surface area contributed by atoms with E-state index in [1.54, 1.807) is 21.3 Å². The summed E-state index contributed by atoms with van der Waals surface area (Å²) in [6.07, 6.45) is 0.835. The lowest BCUT2D eigenvalue weighted by molar-refractivity contribution is 0.298. The van der Waals surface area contributed by atoms with Gasteiger partial charge < -0.3 is 24.7 Å². The number of methoxy groups -OCH3 is 3. The van der Waals surface area contributed by atoms with Gasteiger partial charge in [0.15, 0.2) is 11.5 Å². The molecule has 23 heavy (non-hydrogen) atoms. The highest BCUT2D eigenvalue weighted by molar-refractivity contribution is 5.53. The molecule has 0 aliphatic rings. The molecule has 0 bridgehead atoms. The van der Waals surface area contributed by atoms with Crippen molar-refractivity contribution in [2.24, 2.45) is 5.73 Å². The van der Waals surface area contributed by atoms with E-state index in [1.165, 1.54) is 0 Å². The largest absolute Gasteiger partial charge is 0.493 e. The second-order valence-corrected chi connectivity index (χ2v) is 5.01. The van der Waals surface area contributed by atoms with Gasteiger partial charge in [0.05, 0.1) is 21.3 Å². The molecule has 0 aliphatic carbocycles. The third kappa shape index (κ3) is 4.29. The monoisotopic (exact) mass is 317 g/mol. The third-order valence-electron chi connectivity index (χ3n) is 3.46. The van der Waals surface area contributed by atoms with Crippen molar-refractivity contribution in [3.05, 3.63) is 47.5 Å². The minimum Gasteiger partial charge on any atom is -0.493 e. The van der Waals surface area contributed by atoms with Crippen LogP contribution in [0.3, 0.4) is 0 Å². The van der Waals surface area contributed by atoms with Crippen LogP contribution < -0.4 is 24.7 Å². The molecule has 2 aromatic carbocycles. The van der Waals surface area contributed by atoms with Gasteiger partial charge in [0.25, 0.3) is 0 Å².